The smallest absolute Gasteiger partial charge is 0.338 e. The third-order valence-electron chi connectivity index (χ3n) is 4.19. The quantitative estimate of drug-likeness (QED) is 0.313. The summed E-state index contributed by atoms with van der Waals surface area (Å²) in [7, 11) is 0. The van der Waals surface area contributed by atoms with Gasteiger partial charge in [0.25, 0.3) is 5.91 Å². The first-order valence-corrected chi connectivity index (χ1v) is 9.92. The number of carbonyl (C=O) groups is 2. The van der Waals surface area contributed by atoms with Gasteiger partial charge in [-0.3, -0.25) is 4.79 Å². The summed E-state index contributed by atoms with van der Waals surface area (Å²) in [6.07, 6.45) is 1.39. The highest BCUT2D eigenvalue weighted by Crippen LogP contribution is 2.22. The van der Waals surface area contributed by atoms with E-state index in [1.165, 1.54) is 6.21 Å². The molecule has 0 unspecified atom stereocenters. The van der Waals surface area contributed by atoms with Crippen LogP contribution in [0.25, 0.3) is 11.3 Å². The molecule has 160 valence electrons. The number of benzene rings is 2. The van der Waals surface area contributed by atoms with Gasteiger partial charge in [-0.2, -0.15) is 5.10 Å². The maximum Gasteiger partial charge on any atom is 0.338 e. The number of ether oxygens (including phenoxy) is 2. The lowest BCUT2D eigenvalue weighted by Gasteiger charge is -2.06. The number of nitrogens with one attached hydrogen (secondary N) is 1. The molecule has 0 fully saturated rings. The number of hydrogen-bond donors (Lipinski definition) is 1. The zero-order valence-corrected chi connectivity index (χ0v) is 17.8. The van der Waals surface area contributed by atoms with Crippen molar-refractivity contribution >= 4 is 29.7 Å². The van der Waals surface area contributed by atoms with Crippen molar-refractivity contribution in [3.05, 3.63) is 76.5 Å². The number of halogens is 1. The van der Waals surface area contributed by atoms with Crippen LogP contribution in [0.5, 0.6) is 5.75 Å². The summed E-state index contributed by atoms with van der Waals surface area (Å²) in [5.41, 5.74) is 4.50. The monoisotopic (exact) mass is 440 g/mol. The predicted octanol–water partition coefficient (Wildman–Crippen LogP) is 4.61. The number of furan rings is 1. The molecule has 3 aromatic rings. The van der Waals surface area contributed by atoms with Crippen LogP contribution in [-0.4, -0.2) is 31.3 Å². The first-order chi connectivity index (χ1) is 15.0. The van der Waals surface area contributed by atoms with Crippen molar-refractivity contribution in [3.63, 3.8) is 0 Å². The van der Waals surface area contributed by atoms with E-state index in [2.05, 4.69) is 10.5 Å². The lowest BCUT2D eigenvalue weighted by molar-refractivity contribution is -0.123. The number of rotatable bonds is 8. The Kier molecular flexibility index (Phi) is 7.45. The molecule has 0 aliphatic rings. The molecule has 1 heterocycles. The normalized spacial score (nSPS) is 10.8. The number of aryl methyl sites for hydroxylation is 1. The molecular formula is C23H21ClN2O5. The molecule has 0 radical (unpaired) electrons. The molecule has 0 aliphatic heterocycles. The maximum absolute atomic E-state index is 11.9. The van der Waals surface area contributed by atoms with Crippen LogP contribution < -0.4 is 10.2 Å². The Morgan fingerprint density at radius 2 is 1.90 bits per heavy atom. The number of hydrazone groups is 1. The van der Waals surface area contributed by atoms with E-state index in [-0.39, 0.29) is 12.6 Å². The number of nitrogens with zero attached hydrogens (tertiary/aromatic N) is 1. The van der Waals surface area contributed by atoms with Gasteiger partial charge in [0.05, 0.1) is 18.4 Å². The number of amides is 1. The average Bonchev–Trinajstić information content (AvgIpc) is 3.24. The van der Waals surface area contributed by atoms with Gasteiger partial charge in [-0.15, -0.1) is 0 Å². The Morgan fingerprint density at radius 1 is 1.13 bits per heavy atom. The lowest BCUT2D eigenvalue weighted by atomic mass is 10.1. The van der Waals surface area contributed by atoms with E-state index in [1.54, 1.807) is 61.5 Å². The molecule has 1 N–H and O–H groups in total. The summed E-state index contributed by atoms with van der Waals surface area (Å²) in [6.45, 7) is 3.75. The van der Waals surface area contributed by atoms with Crippen LogP contribution in [0.3, 0.4) is 0 Å². The molecule has 0 saturated heterocycles. The van der Waals surface area contributed by atoms with Crippen LogP contribution in [0.2, 0.25) is 5.02 Å². The molecule has 3 rings (SSSR count). The van der Waals surface area contributed by atoms with Crippen molar-refractivity contribution in [2.45, 2.75) is 13.8 Å². The molecule has 8 heteroatoms. The minimum absolute atomic E-state index is 0.186. The SMILES string of the molecule is CCOC(=O)c1ccc(-c2ccc(C=NNC(=O)COc3ccc(Cl)c(C)c3)o2)cc1. The Bertz CT molecular complexity index is 1090. The van der Waals surface area contributed by atoms with Gasteiger partial charge in [0, 0.05) is 10.6 Å². The number of carbonyl (C=O) groups excluding carboxylic acids is 2. The molecule has 2 aromatic carbocycles. The topological polar surface area (TPSA) is 90.1 Å². The Hall–Kier alpha value is -3.58. The second-order valence-corrected chi connectivity index (χ2v) is 6.90. The van der Waals surface area contributed by atoms with E-state index in [0.29, 0.717) is 34.5 Å². The molecule has 0 atom stereocenters. The van der Waals surface area contributed by atoms with Gasteiger partial charge in [0.1, 0.15) is 17.3 Å². The Balaban J connectivity index is 1.51. The van der Waals surface area contributed by atoms with Gasteiger partial charge in [-0.05, 0) is 61.9 Å². The first-order valence-electron chi connectivity index (χ1n) is 9.54. The summed E-state index contributed by atoms with van der Waals surface area (Å²) in [6, 6.07) is 15.5. The molecule has 1 amide bonds. The highest BCUT2D eigenvalue weighted by molar-refractivity contribution is 6.31. The molecule has 7 nitrogen and oxygen atoms in total. The molecule has 0 spiro atoms. The van der Waals surface area contributed by atoms with Crippen molar-refractivity contribution in [2.24, 2.45) is 5.10 Å². The van der Waals surface area contributed by atoms with Crippen LogP contribution in [-0.2, 0) is 9.53 Å². The molecule has 0 saturated carbocycles. The zero-order chi connectivity index (χ0) is 22.2. The highest BCUT2D eigenvalue weighted by atomic mass is 35.5. The minimum atomic E-state index is -0.412. The van der Waals surface area contributed by atoms with Crippen molar-refractivity contribution < 1.29 is 23.5 Å². The molecule has 0 bridgehead atoms. The Labute approximate surface area is 184 Å². The minimum Gasteiger partial charge on any atom is -0.484 e. The van der Waals surface area contributed by atoms with E-state index in [0.717, 1.165) is 11.1 Å². The van der Waals surface area contributed by atoms with Crippen LogP contribution in [0.1, 0.15) is 28.6 Å². The van der Waals surface area contributed by atoms with Crippen molar-refractivity contribution in [2.75, 3.05) is 13.2 Å². The molecule has 31 heavy (non-hydrogen) atoms. The van der Waals surface area contributed by atoms with Gasteiger partial charge in [-0.1, -0.05) is 23.7 Å². The standard InChI is InChI=1S/C23H21ClN2O5/c1-3-29-23(28)17-6-4-16(5-7-17)21-11-9-19(31-21)13-25-26-22(27)14-30-18-8-10-20(24)15(2)12-18/h4-13H,3,14H2,1-2H3,(H,26,27). The summed E-state index contributed by atoms with van der Waals surface area (Å²) in [5, 5.41) is 4.50. The number of esters is 1. The fraction of sp³-hybridized carbons (Fsp3) is 0.174. The summed E-state index contributed by atoms with van der Waals surface area (Å²) in [5.74, 6) is 0.826. The fourth-order valence-corrected chi connectivity index (χ4v) is 2.74. The van der Waals surface area contributed by atoms with Crippen LogP contribution in [0.15, 0.2) is 64.1 Å². The van der Waals surface area contributed by atoms with E-state index in [4.69, 9.17) is 25.5 Å². The van der Waals surface area contributed by atoms with E-state index >= 15 is 0 Å². The van der Waals surface area contributed by atoms with Gasteiger partial charge in [0.2, 0.25) is 0 Å². The van der Waals surface area contributed by atoms with Crippen LogP contribution >= 0.6 is 11.6 Å². The summed E-state index contributed by atoms with van der Waals surface area (Å²) >= 11 is 5.96. The average molecular weight is 441 g/mol. The number of hydrogen-bond acceptors (Lipinski definition) is 6. The first kappa shape index (κ1) is 22.1. The zero-order valence-electron chi connectivity index (χ0n) is 17.1. The molecular weight excluding hydrogens is 420 g/mol. The van der Waals surface area contributed by atoms with Crippen LogP contribution in [0.4, 0.5) is 0 Å². The summed E-state index contributed by atoms with van der Waals surface area (Å²) < 4.78 is 16.1. The third kappa shape index (κ3) is 6.20. The molecule has 1 aromatic heterocycles. The fourth-order valence-electron chi connectivity index (χ4n) is 2.62. The summed E-state index contributed by atoms with van der Waals surface area (Å²) in [4.78, 5) is 23.6. The third-order valence-corrected chi connectivity index (χ3v) is 4.61. The van der Waals surface area contributed by atoms with Crippen LogP contribution in [0, 0.1) is 6.92 Å². The van der Waals surface area contributed by atoms with E-state index in [9.17, 15) is 9.59 Å². The second-order valence-electron chi connectivity index (χ2n) is 6.49. The van der Waals surface area contributed by atoms with Gasteiger partial charge < -0.3 is 13.9 Å². The lowest BCUT2D eigenvalue weighted by Crippen LogP contribution is -2.24. The Morgan fingerprint density at radius 3 is 2.61 bits per heavy atom. The largest absolute Gasteiger partial charge is 0.484 e. The predicted molar refractivity (Wildman–Crippen MR) is 118 cm³/mol. The second kappa shape index (κ2) is 10.4. The maximum atomic E-state index is 11.9. The van der Waals surface area contributed by atoms with Gasteiger partial charge in [0.15, 0.2) is 6.61 Å². The highest BCUT2D eigenvalue weighted by Gasteiger charge is 2.09. The van der Waals surface area contributed by atoms with E-state index in [1.807, 2.05) is 6.92 Å². The van der Waals surface area contributed by atoms with Crippen molar-refractivity contribution in [1.29, 1.82) is 0 Å². The van der Waals surface area contributed by atoms with Gasteiger partial charge >= 0.3 is 5.97 Å². The van der Waals surface area contributed by atoms with E-state index < -0.39 is 5.91 Å². The molecule has 0 aliphatic carbocycles. The van der Waals surface area contributed by atoms with Crippen molar-refractivity contribution in [3.8, 4) is 17.1 Å². The van der Waals surface area contributed by atoms with Gasteiger partial charge in [-0.25, -0.2) is 10.2 Å². The van der Waals surface area contributed by atoms with Crippen molar-refractivity contribution in [1.82, 2.24) is 5.43 Å².